The number of unbranched alkanes of at least 4 members (excludes halogenated alkanes) is 46. The van der Waals surface area contributed by atoms with Crippen molar-refractivity contribution in [3.63, 3.8) is 0 Å². The number of carbonyl (C=O) groups is 3. The van der Waals surface area contributed by atoms with Gasteiger partial charge < -0.3 is 14.2 Å². The second-order valence-corrected chi connectivity index (χ2v) is 23.1. The standard InChI is InChI=1S/C70H130O6/c1-4-7-10-13-16-19-22-25-28-30-31-32-33-34-35-36-37-38-39-41-42-45-48-51-54-57-60-63-69(72)75-66-67(65-74-68(71)62-59-56-53-50-47-44-27-24-21-18-15-12-9-6-3)76-70(73)64-61-58-55-52-49-46-43-40-29-26-23-20-17-14-11-8-5-2/h17,20,24,26-27,29,67H,4-16,18-19,21-23,25,28,30-66H2,1-3H3/b20-17-,27-24-,29-26-. The topological polar surface area (TPSA) is 78.9 Å². The van der Waals surface area contributed by atoms with E-state index < -0.39 is 6.10 Å². The van der Waals surface area contributed by atoms with Gasteiger partial charge in [0.25, 0.3) is 0 Å². The smallest absolute Gasteiger partial charge is 0.306 e. The molecule has 0 bridgehead atoms. The molecular formula is C70H130O6. The van der Waals surface area contributed by atoms with Crippen LogP contribution in [0.15, 0.2) is 36.5 Å². The van der Waals surface area contributed by atoms with Gasteiger partial charge in [-0.2, -0.15) is 0 Å². The second-order valence-electron chi connectivity index (χ2n) is 23.1. The van der Waals surface area contributed by atoms with Crippen LogP contribution in [0.2, 0.25) is 0 Å². The second kappa shape index (κ2) is 65.2. The first-order valence-electron chi connectivity index (χ1n) is 34.0. The fourth-order valence-corrected chi connectivity index (χ4v) is 10.2. The van der Waals surface area contributed by atoms with Crippen LogP contribution in [-0.2, 0) is 28.6 Å². The number of allylic oxidation sites excluding steroid dienone is 6. The Labute approximate surface area is 474 Å². The van der Waals surface area contributed by atoms with Gasteiger partial charge in [0.1, 0.15) is 13.2 Å². The zero-order valence-corrected chi connectivity index (χ0v) is 51.3. The number of rotatable bonds is 63. The molecule has 0 aliphatic rings. The lowest BCUT2D eigenvalue weighted by molar-refractivity contribution is -0.167. The number of esters is 3. The van der Waals surface area contributed by atoms with Gasteiger partial charge in [-0.3, -0.25) is 14.4 Å². The Kier molecular flexibility index (Phi) is 63.1. The van der Waals surface area contributed by atoms with Crippen molar-refractivity contribution in [2.75, 3.05) is 13.2 Å². The van der Waals surface area contributed by atoms with Crippen LogP contribution < -0.4 is 0 Å². The van der Waals surface area contributed by atoms with E-state index in [0.717, 1.165) is 77.0 Å². The van der Waals surface area contributed by atoms with E-state index in [0.29, 0.717) is 19.3 Å². The molecule has 1 unspecified atom stereocenters. The highest BCUT2D eigenvalue weighted by atomic mass is 16.6. The number of hydrogen-bond donors (Lipinski definition) is 0. The Hall–Kier alpha value is -2.37. The minimum absolute atomic E-state index is 0.0738. The van der Waals surface area contributed by atoms with Crippen molar-refractivity contribution in [3.8, 4) is 0 Å². The molecular weight excluding hydrogens is 937 g/mol. The van der Waals surface area contributed by atoms with E-state index in [2.05, 4.69) is 57.2 Å². The quantitative estimate of drug-likeness (QED) is 0.0261. The molecule has 446 valence electrons. The summed E-state index contributed by atoms with van der Waals surface area (Å²) in [7, 11) is 0. The van der Waals surface area contributed by atoms with Crippen LogP contribution in [0.25, 0.3) is 0 Å². The highest BCUT2D eigenvalue weighted by molar-refractivity contribution is 5.71. The summed E-state index contributed by atoms with van der Waals surface area (Å²) in [6.45, 7) is 6.66. The summed E-state index contributed by atoms with van der Waals surface area (Å²) >= 11 is 0. The molecule has 0 saturated carbocycles. The lowest BCUT2D eigenvalue weighted by atomic mass is 10.0. The van der Waals surface area contributed by atoms with E-state index in [1.807, 2.05) is 0 Å². The van der Waals surface area contributed by atoms with Crippen LogP contribution in [0.5, 0.6) is 0 Å². The summed E-state index contributed by atoms with van der Waals surface area (Å²) in [6.07, 6.45) is 80.3. The van der Waals surface area contributed by atoms with Crippen LogP contribution in [0.4, 0.5) is 0 Å². The average Bonchev–Trinajstić information content (AvgIpc) is 3.42. The lowest BCUT2D eigenvalue weighted by Gasteiger charge is -2.18. The average molecular weight is 1070 g/mol. The molecule has 0 aromatic rings. The molecule has 0 aliphatic carbocycles. The first kappa shape index (κ1) is 73.6. The predicted molar refractivity (Wildman–Crippen MR) is 330 cm³/mol. The molecule has 0 aliphatic heterocycles. The highest BCUT2D eigenvalue weighted by Gasteiger charge is 2.19. The third-order valence-electron chi connectivity index (χ3n) is 15.4. The molecule has 0 aromatic carbocycles. The van der Waals surface area contributed by atoms with E-state index in [1.54, 1.807) is 0 Å². The van der Waals surface area contributed by atoms with Crippen LogP contribution in [0, 0.1) is 0 Å². The summed E-state index contributed by atoms with van der Waals surface area (Å²) in [4.78, 5) is 38.3. The fourth-order valence-electron chi connectivity index (χ4n) is 10.2. The van der Waals surface area contributed by atoms with Gasteiger partial charge in [-0.15, -0.1) is 0 Å². The van der Waals surface area contributed by atoms with E-state index in [9.17, 15) is 14.4 Å². The maximum Gasteiger partial charge on any atom is 0.306 e. The summed E-state index contributed by atoms with van der Waals surface area (Å²) in [5.74, 6) is -0.866. The summed E-state index contributed by atoms with van der Waals surface area (Å²) in [5, 5.41) is 0. The van der Waals surface area contributed by atoms with Gasteiger partial charge in [0.15, 0.2) is 6.10 Å². The molecule has 0 radical (unpaired) electrons. The third kappa shape index (κ3) is 62.5. The molecule has 0 aromatic heterocycles. The number of carbonyl (C=O) groups excluding carboxylic acids is 3. The molecule has 0 saturated heterocycles. The first-order chi connectivity index (χ1) is 37.5. The SMILES string of the molecule is CCCCC/C=C\C/C=C\CCCCCCCCCC(=O)OC(COC(=O)CCCCCCC/C=C\CCCCCCC)COC(=O)CCCCCCCCCCCCCCCCCCCCCCCCCCCCC. The molecule has 1 atom stereocenters. The monoisotopic (exact) mass is 1070 g/mol. The minimum atomic E-state index is -0.778. The number of ether oxygens (including phenoxy) is 3. The maximum absolute atomic E-state index is 12.9. The van der Waals surface area contributed by atoms with E-state index in [-0.39, 0.29) is 31.1 Å². The Morgan fingerprint density at radius 3 is 0.763 bits per heavy atom. The lowest BCUT2D eigenvalue weighted by Crippen LogP contribution is -2.30. The Morgan fingerprint density at radius 2 is 0.474 bits per heavy atom. The van der Waals surface area contributed by atoms with Crippen molar-refractivity contribution in [2.45, 2.75) is 380 Å². The zero-order valence-electron chi connectivity index (χ0n) is 51.3. The molecule has 0 heterocycles. The molecule has 0 N–H and O–H groups in total. The van der Waals surface area contributed by atoms with Gasteiger partial charge in [0.2, 0.25) is 0 Å². The maximum atomic E-state index is 12.9. The first-order valence-corrected chi connectivity index (χ1v) is 34.0. The molecule has 0 fully saturated rings. The number of hydrogen-bond acceptors (Lipinski definition) is 6. The summed E-state index contributed by atoms with van der Waals surface area (Å²) < 4.78 is 16.9. The molecule has 0 spiro atoms. The van der Waals surface area contributed by atoms with Crippen molar-refractivity contribution >= 4 is 17.9 Å². The summed E-state index contributed by atoms with van der Waals surface area (Å²) in [5.41, 5.74) is 0. The van der Waals surface area contributed by atoms with Crippen molar-refractivity contribution in [3.05, 3.63) is 36.5 Å². The Morgan fingerprint density at radius 1 is 0.263 bits per heavy atom. The molecule has 0 amide bonds. The normalized spacial score (nSPS) is 12.2. The Balaban J connectivity index is 4.22. The largest absolute Gasteiger partial charge is 0.462 e. The van der Waals surface area contributed by atoms with Gasteiger partial charge in [-0.25, -0.2) is 0 Å². The van der Waals surface area contributed by atoms with Crippen molar-refractivity contribution in [1.82, 2.24) is 0 Å². The van der Waals surface area contributed by atoms with Gasteiger partial charge in [-0.1, -0.05) is 314 Å². The van der Waals surface area contributed by atoms with Gasteiger partial charge >= 0.3 is 17.9 Å². The van der Waals surface area contributed by atoms with Crippen molar-refractivity contribution in [1.29, 1.82) is 0 Å². The molecule has 6 heteroatoms. The van der Waals surface area contributed by atoms with Crippen LogP contribution in [-0.4, -0.2) is 37.2 Å². The Bertz CT molecular complexity index is 1270. The molecule has 76 heavy (non-hydrogen) atoms. The highest BCUT2D eigenvalue weighted by Crippen LogP contribution is 2.18. The van der Waals surface area contributed by atoms with Gasteiger partial charge in [0.05, 0.1) is 0 Å². The van der Waals surface area contributed by atoms with Crippen LogP contribution in [0.3, 0.4) is 0 Å². The van der Waals surface area contributed by atoms with Crippen molar-refractivity contribution < 1.29 is 28.6 Å². The van der Waals surface area contributed by atoms with Gasteiger partial charge in [-0.05, 0) is 77.0 Å². The third-order valence-corrected chi connectivity index (χ3v) is 15.4. The summed E-state index contributed by atoms with van der Waals surface area (Å²) in [6, 6.07) is 0. The van der Waals surface area contributed by atoms with E-state index in [4.69, 9.17) is 14.2 Å². The van der Waals surface area contributed by atoms with E-state index in [1.165, 1.54) is 257 Å². The minimum Gasteiger partial charge on any atom is -0.462 e. The molecule has 6 nitrogen and oxygen atoms in total. The van der Waals surface area contributed by atoms with Crippen LogP contribution in [0.1, 0.15) is 374 Å². The fraction of sp³-hybridized carbons (Fsp3) is 0.871. The van der Waals surface area contributed by atoms with Crippen LogP contribution >= 0.6 is 0 Å². The zero-order chi connectivity index (χ0) is 55.0. The van der Waals surface area contributed by atoms with Crippen molar-refractivity contribution in [2.24, 2.45) is 0 Å². The molecule has 0 rings (SSSR count). The van der Waals surface area contributed by atoms with Gasteiger partial charge in [0, 0.05) is 19.3 Å². The van der Waals surface area contributed by atoms with E-state index >= 15 is 0 Å². The predicted octanol–water partition coefficient (Wildman–Crippen LogP) is 23.2.